The summed E-state index contributed by atoms with van der Waals surface area (Å²) in [5.74, 6) is 1.48. The standard InChI is InChI=1S/C27H37N3O3/c1-6-21(4)29(17-24(31)19-32-7-2)18-26-22(5)28-30(23-13-9-8-10-14-23)27(26)33-25-15-11-12-20(3)16-25/h8-16,21,24,31H,6-7,17-19H2,1-5H3/t21-,24+/m1/s1. The van der Waals surface area contributed by atoms with Gasteiger partial charge in [0.1, 0.15) is 5.75 Å². The summed E-state index contributed by atoms with van der Waals surface area (Å²) in [6, 6.07) is 18.4. The number of nitrogens with zero attached hydrogens (tertiary/aromatic N) is 3. The molecule has 178 valence electrons. The molecule has 0 fully saturated rings. The van der Waals surface area contributed by atoms with Gasteiger partial charge in [0, 0.05) is 25.7 Å². The van der Waals surface area contributed by atoms with Gasteiger partial charge in [-0.05, 0) is 63.9 Å². The van der Waals surface area contributed by atoms with E-state index in [0.717, 1.165) is 34.7 Å². The third-order valence-electron chi connectivity index (χ3n) is 5.88. The molecule has 0 aliphatic carbocycles. The molecule has 3 rings (SSSR count). The van der Waals surface area contributed by atoms with Crippen LogP contribution >= 0.6 is 0 Å². The second-order valence-electron chi connectivity index (χ2n) is 8.54. The SMILES string of the molecule is CCOC[C@@H](O)CN(Cc1c(C)nn(-c2ccccc2)c1Oc1cccc(C)c1)[C@H](C)CC. The molecular formula is C27H37N3O3. The van der Waals surface area contributed by atoms with Gasteiger partial charge in [-0.25, -0.2) is 4.68 Å². The Morgan fingerprint density at radius 3 is 2.48 bits per heavy atom. The Labute approximate surface area is 197 Å². The van der Waals surface area contributed by atoms with E-state index in [-0.39, 0.29) is 6.04 Å². The Kier molecular flexibility index (Phi) is 9.06. The van der Waals surface area contributed by atoms with Crippen LogP contribution in [-0.2, 0) is 11.3 Å². The van der Waals surface area contributed by atoms with Crippen molar-refractivity contribution in [2.75, 3.05) is 19.8 Å². The molecule has 0 spiro atoms. The second-order valence-corrected chi connectivity index (χ2v) is 8.54. The first-order valence-electron chi connectivity index (χ1n) is 11.8. The fourth-order valence-corrected chi connectivity index (χ4v) is 3.80. The number of ether oxygens (including phenoxy) is 2. The summed E-state index contributed by atoms with van der Waals surface area (Å²) >= 11 is 0. The minimum absolute atomic E-state index is 0.285. The lowest BCUT2D eigenvalue weighted by Crippen LogP contribution is -2.40. The zero-order valence-corrected chi connectivity index (χ0v) is 20.5. The van der Waals surface area contributed by atoms with Crippen molar-refractivity contribution in [1.29, 1.82) is 0 Å². The van der Waals surface area contributed by atoms with Crippen LogP contribution in [0.5, 0.6) is 11.6 Å². The largest absolute Gasteiger partial charge is 0.439 e. The van der Waals surface area contributed by atoms with Crippen LogP contribution in [0.15, 0.2) is 54.6 Å². The number of aliphatic hydroxyl groups excluding tert-OH is 1. The van der Waals surface area contributed by atoms with Gasteiger partial charge < -0.3 is 14.6 Å². The zero-order chi connectivity index (χ0) is 23.8. The van der Waals surface area contributed by atoms with Crippen molar-refractivity contribution >= 4 is 0 Å². The summed E-state index contributed by atoms with van der Waals surface area (Å²) < 4.78 is 13.8. The summed E-state index contributed by atoms with van der Waals surface area (Å²) in [7, 11) is 0. The van der Waals surface area contributed by atoms with Crippen molar-refractivity contribution < 1.29 is 14.6 Å². The summed E-state index contributed by atoms with van der Waals surface area (Å²) in [6.45, 7) is 12.4. The van der Waals surface area contributed by atoms with Crippen LogP contribution in [0.3, 0.4) is 0 Å². The number of aromatic nitrogens is 2. The van der Waals surface area contributed by atoms with E-state index in [4.69, 9.17) is 14.6 Å². The van der Waals surface area contributed by atoms with Crippen molar-refractivity contribution in [3.8, 4) is 17.3 Å². The predicted octanol–water partition coefficient (Wildman–Crippen LogP) is 5.28. The monoisotopic (exact) mass is 451 g/mol. The molecule has 2 atom stereocenters. The maximum atomic E-state index is 10.5. The highest BCUT2D eigenvalue weighted by molar-refractivity contribution is 5.43. The van der Waals surface area contributed by atoms with Gasteiger partial charge in [-0.3, -0.25) is 4.90 Å². The van der Waals surface area contributed by atoms with Crippen LogP contribution < -0.4 is 4.74 Å². The number of aryl methyl sites for hydroxylation is 2. The van der Waals surface area contributed by atoms with Gasteiger partial charge in [-0.15, -0.1) is 0 Å². The number of hydrogen-bond acceptors (Lipinski definition) is 5. The van der Waals surface area contributed by atoms with Gasteiger partial charge >= 0.3 is 0 Å². The number of rotatable bonds is 12. The number of hydrogen-bond donors (Lipinski definition) is 1. The summed E-state index contributed by atoms with van der Waals surface area (Å²) in [4.78, 5) is 2.28. The maximum absolute atomic E-state index is 10.5. The van der Waals surface area contributed by atoms with Crippen LogP contribution in [0.4, 0.5) is 0 Å². The molecule has 0 aliphatic heterocycles. The lowest BCUT2D eigenvalue weighted by molar-refractivity contribution is 0.0111. The fourth-order valence-electron chi connectivity index (χ4n) is 3.80. The highest BCUT2D eigenvalue weighted by Crippen LogP contribution is 2.32. The Morgan fingerprint density at radius 2 is 1.82 bits per heavy atom. The highest BCUT2D eigenvalue weighted by Gasteiger charge is 2.24. The van der Waals surface area contributed by atoms with E-state index in [0.29, 0.717) is 32.2 Å². The first kappa shape index (κ1) is 25.0. The van der Waals surface area contributed by atoms with Crippen LogP contribution in [0.2, 0.25) is 0 Å². The Bertz CT molecular complexity index is 1000. The van der Waals surface area contributed by atoms with Gasteiger partial charge in [0.05, 0.1) is 29.7 Å². The van der Waals surface area contributed by atoms with Crippen molar-refractivity contribution in [1.82, 2.24) is 14.7 Å². The van der Waals surface area contributed by atoms with Crippen LogP contribution in [0, 0.1) is 13.8 Å². The van der Waals surface area contributed by atoms with Gasteiger partial charge in [0.2, 0.25) is 5.88 Å². The van der Waals surface area contributed by atoms with Gasteiger partial charge in [-0.2, -0.15) is 5.10 Å². The lowest BCUT2D eigenvalue weighted by Gasteiger charge is -2.30. The van der Waals surface area contributed by atoms with E-state index < -0.39 is 6.10 Å². The maximum Gasteiger partial charge on any atom is 0.227 e. The molecule has 0 amide bonds. The topological polar surface area (TPSA) is 59.8 Å². The van der Waals surface area contributed by atoms with Crippen molar-refractivity contribution in [3.63, 3.8) is 0 Å². The Hall–Kier alpha value is -2.67. The number of para-hydroxylation sites is 1. The first-order valence-corrected chi connectivity index (χ1v) is 11.8. The van der Waals surface area contributed by atoms with Crippen molar-refractivity contribution in [2.45, 2.75) is 59.7 Å². The Morgan fingerprint density at radius 1 is 1.06 bits per heavy atom. The number of aliphatic hydroxyl groups is 1. The van der Waals surface area contributed by atoms with Gasteiger partial charge in [-0.1, -0.05) is 37.3 Å². The molecule has 0 saturated heterocycles. The third kappa shape index (κ3) is 6.67. The van der Waals surface area contributed by atoms with E-state index in [1.165, 1.54) is 0 Å². The molecule has 1 aromatic heterocycles. The fraction of sp³-hybridized carbons (Fsp3) is 0.444. The average molecular weight is 452 g/mol. The second kappa shape index (κ2) is 12.0. The molecule has 6 nitrogen and oxygen atoms in total. The lowest BCUT2D eigenvalue weighted by atomic mass is 10.1. The molecule has 6 heteroatoms. The molecule has 1 N–H and O–H groups in total. The smallest absolute Gasteiger partial charge is 0.227 e. The predicted molar refractivity (Wildman–Crippen MR) is 132 cm³/mol. The van der Waals surface area contributed by atoms with Crippen molar-refractivity contribution in [3.05, 3.63) is 71.4 Å². The minimum atomic E-state index is -0.551. The van der Waals surface area contributed by atoms with Crippen molar-refractivity contribution in [2.24, 2.45) is 0 Å². The van der Waals surface area contributed by atoms with E-state index in [2.05, 4.69) is 31.7 Å². The van der Waals surface area contributed by atoms with Crippen LogP contribution in [0.25, 0.3) is 5.69 Å². The van der Waals surface area contributed by atoms with Crippen LogP contribution in [-0.4, -0.2) is 51.7 Å². The molecule has 33 heavy (non-hydrogen) atoms. The summed E-state index contributed by atoms with van der Waals surface area (Å²) in [5, 5.41) is 15.4. The molecule has 0 unspecified atom stereocenters. The molecular weight excluding hydrogens is 414 g/mol. The van der Waals surface area contributed by atoms with E-state index in [9.17, 15) is 5.11 Å². The summed E-state index contributed by atoms with van der Waals surface area (Å²) in [6.07, 6.45) is 0.422. The zero-order valence-electron chi connectivity index (χ0n) is 20.5. The molecule has 3 aromatic rings. The highest BCUT2D eigenvalue weighted by atomic mass is 16.5. The minimum Gasteiger partial charge on any atom is -0.439 e. The molecule has 0 bridgehead atoms. The number of benzene rings is 2. The normalized spacial score (nSPS) is 13.3. The van der Waals surface area contributed by atoms with E-state index >= 15 is 0 Å². The van der Waals surface area contributed by atoms with E-state index in [1.807, 2.05) is 67.1 Å². The average Bonchev–Trinajstić information content (AvgIpc) is 3.12. The summed E-state index contributed by atoms with van der Waals surface area (Å²) in [5.41, 5.74) is 4.01. The molecule has 0 aliphatic rings. The molecule has 2 aromatic carbocycles. The van der Waals surface area contributed by atoms with E-state index in [1.54, 1.807) is 0 Å². The molecule has 0 radical (unpaired) electrons. The van der Waals surface area contributed by atoms with Crippen LogP contribution in [0.1, 0.15) is 44.0 Å². The Balaban J connectivity index is 1.99. The quantitative estimate of drug-likeness (QED) is 0.406. The van der Waals surface area contributed by atoms with Gasteiger partial charge in [0.25, 0.3) is 0 Å². The third-order valence-corrected chi connectivity index (χ3v) is 5.88. The first-order chi connectivity index (χ1) is 15.9. The molecule has 1 heterocycles. The van der Waals surface area contributed by atoms with Gasteiger partial charge in [0.15, 0.2) is 0 Å². The molecule has 0 saturated carbocycles.